The van der Waals surface area contributed by atoms with Gasteiger partial charge >= 0.3 is 9.67 Å². The number of nitrogens with one attached hydrogen (secondary N) is 1. The number of nitrogens with two attached hydrogens (primary N) is 2. The van der Waals surface area contributed by atoms with Crippen LogP contribution in [-0.4, -0.2) is 42.9 Å². The topological polar surface area (TPSA) is 158 Å². The largest absolute Gasteiger partial charge is 0.469 e. The Hall–Kier alpha value is -2.37. The van der Waals surface area contributed by atoms with E-state index in [1.165, 1.54) is 13.4 Å². The lowest BCUT2D eigenvalue weighted by Gasteiger charge is -2.02. The van der Waals surface area contributed by atoms with E-state index in [1.807, 2.05) is 0 Å². The van der Waals surface area contributed by atoms with Gasteiger partial charge in [0, 0.05) is 40.2 Å². The van der Waals surface area contributed by atoms with Crippen LogP contribution in [0.5, 0.6) is 0 Å². The van der Waals surface area contributed by atoms with Crippen LogP contribution >= 0.6 is 45.2 Å². The molecule has 0 spiro atoms. The smallest absolute Gasteiger partial charge is 0.335 e. The summed E-state index contributed by atoms with van der Waals surface area (Å²) in [5.41, 5.74) is 13.8. The first kappa shape index (κ1) is 20.9. The first-order chi connectivity index (χ1) is 14.4. The van der Waals surface area contributed by atoms with E-state index in [-0.39, 0.29) is 5.97 Å². The SMILES string of the molecule is COC(=O)CCCCn1nc(I)c2c(N)[n+](-[n+]3[nH]c4ncnc(N)c4c3I)cnc21. The van der Waals surface area contributed by atoms with Crippen molar-refractivity contribution in [2.45, 2.75) is 25.8 Å². The maximum Gasteiger partial charge on any atom is 0.335 e. The van der Waals surface area contributed by atoms with Gasteiger partial charge in [0.05, 0.1) is 11.9 Å². The minimum absolute atomic E-state index is 0.214. The summed E-state index contributed by atoms with van der Waals surface area (Å²) in [5.74, 6) is 0.627. The van der Waals surface area contributed by atoms with Crippen LogP contribution in [0.1, 0.15) is 19.3 Å². The number of nitrogens with zero attached hydrogens (tertiary/aromatic N) is 7. The molecule has 12 nitrogen and oxygen atoms in total. The van der Waals surface area contributed by atoms with E-state index < -0.39 is 0 Å². The van der Waals surface area contributed by atoms with Crippen molar-refractivity contribution in [1.82, 2.24) is 29.8 Å². The number of ether oxygens (including phenoxy) is 1. The van der Waals surface area contributed by atoms with Crippen LogP contribution in [0.3, 0.4) is 0 Å². The molecule has 4 rings (SSSR count). The fourth-order valence-corrected chi connectivity index (χ4v) is 4.76. The molecule has 0 radical (unpaired) electrons. The number of methoxy groups -OCH3 is 1. The predicted molar refractivity (Wildman–Crippen MR) is 123 cm³/mol. The van der Waals surface area contributed by atoms with Gasteiger partial charge in [-0.25, -0.2) is 14.6 Å². The number of halogens is 2. The first-order valence-corrected chi connectivity index (χ1v) is 11.1. The Labute approximate surface area is 197 Å². The second-order valence-electron chi connectivity index (χ2n) is 6.42. The van der Waals surface area contributed by atoms with Crippen LogP contribution < -0.4 is 20.9 Å². The van der Waals surface area contributed by atoms with Gasteiger partial charge in [0.15, 0.2) is 5.39 Å². The molecule has 14 heteroatoms. The third kappa shape index (κ3) is 3.61. The monoisotopic (exact) mass is 636 g/mol. The van der Waals surface area contributed by atoms with Crippen LogP contribution in [0.2, 0.25) is 0 Å². The molecule has 0 amide bonds. The Morgan fingerprint density at radius 3 is 2.77 bits per heavy atom. The van der Waals surface area contributed by atoms with Crippen LogP contribution in [0, 0.1) is 7.40 Å². The van der Waals surface area contributed by atoms with Gasteiger partial charge in [-0.1, -0.05) is 5.10 Å². The molecule has 0 bridgehead atoms. The van der Waals surface area contributed by atoms with Crippen LogP contribution in [0.15, 0.2) is 12.7 Å². The van der Waals surface area contributed by atoms with Crippen LogP contribution in [0.4, 0.5) is 11.6 Å². The third-order valence-electron chi connectivity index (χ3n) is 4.60. The number of anilines is 2. The van der Waals surface area contributed by atoms with Crippen molar-refractivity contribution in [2.75, 3.05) is 18.6 Å². The molecule has 0 atom stereocenters. The summed E-state index contributed by atoms with van der Waals surface area (Å²) in [6.07, 6.45) is 4.87. The highest BCUT2D eigenvalue weighted by molar-refractivity contribution is 14.1. The summed E-state index contributed by atoms with van der Waals surface area (Å²) >= 11 is 4.30. The number of aromatic amines is 1. The fraction of sp³-hybridized carbons (Fsp3) is 0.312. The molecule has 4 aromatic heterocycles. The number of hydrogen-bond acceptors (Lipinski definition) is 8. The zero-order valence-electron chi connectivity index (χ0n) is 15.8. The first-order valence-electron chi connectivity index (χ1n) is 8.91. The van der Waals surface area contributed by atoms with Gasteiger partial charge in [0.25, 0.3) is 17.8 Å². The number of fused-ring (bicyclic) bond motifs is 2. The molecule has 156 valence electrons. The van der Waals surface area contributed by atoms with E-state index in [1.54, 1.807) is 20.5 Å². The van der Waals surface area contributed by atoms with Crippen molar-refractivity contribution in [1.29, 1.82) is 0 Å². The Morgan fingerprint density at radius 2 is 2.03 bits per heavy atom. The van der Waals surface area contributed by atoms with Gasteiger partial charge in [-0.15, -0.1) is 4.98 Å². The summed E-state index contributed by atoms with van der Waals surface area (Å²) < 4.78 is 9.66. The van der Waals surface area contributed by atoms with Crippen LogP contribution in [0.25, 0.3) is 22.1 Å². The highest BCUT2D eigenvalue weighted by atomic mass is 127. The number of H-pyrrole nitrogens is 1. The number of aryl methyl sites for hydroxylation is 1. The number of rotatable bonds is 6. The number of aromatic nitrogens is 8. The molecule has 0 aliphatic heterocycles. The summed E-state index contributed by atoms with van der Waals surface area (Å²) in [6.45, 7) is 0.621. The maximum atomic E-state index is 11.3. The second kappa shape index (κ2) is 8.40. The fourth-order valence-electron chi connectivity index (χ4n) is 3.10. The molecule has 0 fully saturated rings. The molecule has 0 saturated heterocycles. The van der Waals surface area contributed by atoms with Crippen molar-refractivity contribution in [3.63, 3.8) is 0 Å². The highest BCUT2D eigenvalue weighted by Gasteiger charge is 2.31. The summed E-state index contributed by atoms with van der Waals surface area (Å²) in [6, 6.07) is 0. The normalized spacial score (nSPS) is 11.4. The van der Waals surface area contributed by atoms with Crippen molar-refractivity contribution >= 4 is 84.9 Å². The molecule has 5 N–H and O–H groups in total. The number of hydrogen-bond donors (Lipinski definition) is 3. The molecule has 4 aromatic rings. The number of nitrogen functional groups attached to an aromatic ring is 2. The third-order valence-corrected chi connectivity index (χ3v) is 6.35. The Morgan fingerprint density at radius 1 is 1.23 bits per heavy atom. The van der Waals surface area contributed by atoms with Gasteiger partial charge in [-0.3, -0.25) is 4.79 Å². The van der Waals surface area contributed by atoms with E-state index in [0.717, 1.165) is 19.2 Å². The van der Waals surface area contributed by atoms with Crippen molar-refractivity contribution < 1.29 is 19.0 Å². The zero-order valence-corrected chi connectivity index (χ0v) is 20.2. The average molecular weight is 636 g/mol. The second-order valence-corrected chi connectivity index (χ2v) is 8.46. The van der Waals surface area contributed by atoms with Crippen molar-refractivity contribution in [3.8, 4) is 0 Å². The predicted octanol–water partition coefficient (Wildman–Crippen LogP) is 0.306. The number of carbonyl (C=O) groups is 1. The van der Waals surface area contributed by atoms with E-state index in [9.17, 15) is 4.79 Å². The molecule has 4 heterocycles. The standard InChI is InChI=1S/C16H18I2N10O2/c1-30-8(29)4-2-3-5-26-16-9(11(17)24-26)14(20)27(7-23-16)28-12(18)10-13(19)21-6-22-15(10)25-28/h6-7H,2-5H2,1H3,(H2,20,23)(H3,19,21,22,25)/q+2. The number of unbranched alkanes of at least 4 members (excludes halogenated alkanes) is 1. The minimum Gasteiger partial charge on any atom is -0.469 e. The van der Waals surface area contributed by atoms with Crippen LogP contribution in [-0.2, 0) is 16.1 Å². The van der Waals surface area contributed by atoms with Crippen molar-refractivity contribution in [3.05, 3.63) is 20.1 Å². The average Bonchev–Trinajstić information content (AvgIpc) is 3.23. The van der Waals surface area contributed by atoms with E-state index in [4.69, 9.17) is 11.5 Å². The summed E-state index contributed by atoms with van der Waals surface area (Å²) in [7, 11) is 1.39. The molecule has 0 aliphatic rings. The van der Waals surface area contributed by atoms with E-state index >= 15 is 0 Å². The summed E-state index contributed by atoms with van der Waals surface area (Å²) in [5, 5.41) is 9.18. The molecular weight excluding hydrogens is 618 g/mol. The quantitative estimate of drug-likeness (QED) is 0.118. The summed E-state index contributed by atoms with van der Waals surface area (Å²) in [4.78, 5) is 25.8. The lowest BCUT2D eigenvalue weighted by Crippen LogP contribution is -2.70. The Balaban J connectivity index is 1.70. The van der Waals surface area contributed by atoms with Gasteiger partial charge in [0.2, 0.25) is 5.65 Å². The van der Waals surface area contributed by atoms with Gasteiger partial charge in [0.1, 0.15) is 21.2 Å². The molecule has 0 unspecified atom stereocenters. The molecule has 0 aromatic carbocycles. The van der Waals surface area contributed by atoms with Gasteiger partial charge in [-0.2, -0.15) is 5.10 Å². The molecule has 0 saturated carbocycles. The highest BCUT2D eigenvalue weighted by Crippen LogP contribution is 2.23. The van der Waals surface area contributed by atoms with E-state index in [2.05, 4.69) is 75.1 Å². The molecule has 30 heavy (non-hydrogen) atoms. The number of carbonyl (C=O) groups excluding carboxylic acids is 1. The van der Waals surface area contributed by atoms with Gasteiger partial charge in [-0.05, 0) is 35.4 Å². The minimum atomic E-state index is -0.214. The Bertz CT molecular complexity index is 1270. The number of esters is 1. The zero-order chi connectivity index (χ0) is 21.4. The van der Waals surface area contributed by atoms with Gasteiger partial charge < -0.3 is 16.2 Å². The molecule has 0 aliphatic carbocycles. The lowest BCUT2D eigenvalue weighted by molar-refractivity contribution is -1.32. The Kier molecular flexibility index (Phi) is 5.85. The van der Waals surface area contributed by atoms with Crippen molar-refractivity contribution in [2.24, 2.45) is 0 Å². The lowest BCUT2D eigenvalue weighted by atomic mass is 10.2. The van der Waals surface area contributed by atoms with E-state index in [0.29, 0.717) is 47.7 Å². The molecular formula is C16H18I2N10O2+2. The maximum absolute atomic E-state index is 11.3.